The quantitative estimate of drug-likeness (QED) is 0.578. The molecular weight excluding hydrogens is 407 g/mol. The molecule has 1 amide bonds. The molecule has 0 aliphatic carbocycles. The van der Waals surface area contributed by atoms with Gasteiger partial charge in [0.05, 0.1) is 13.2 Å². The van der Waals surface area contributed by atoms with Crippen molar-refractivity contribution < 1.29 is 18.7 Å². The average molecular weight is 435 g/mol. The molecule has 166 valence electrons. The third-order valence-corrected chi connectivity index (χ3v) is 5.47. The first kappa shape index (κ1) is 22.0. The van der Waals surface area contributed by atoms with Crippen molar-refractivity contribution in [3.05, 3.63) is 101 Å². The van der Waals surface area contributed by atoms with Crippen molar-refractivity contribution >= 4 is 5.91 Å². The molecule has 1 heterocycles. The summed E-state index contributed by atoms with van der Waals surface area (Å²) in [5, 5.41) is 3.02. The van der Waals surface area contributed by atoms with Gasteiger partial charge in [-0.05, 0) is 47.0 Å². The Morgan fingerprint density at radius 1 is 0.969 bits per heavy atom. The summed E-state index contributed by atoms with van der Waals surface area (Å²) in [4.78, 5) is 15.1. The summed E-state index contributed by atoms with van der Waals surface area (Å²) >= 11 is 0. The van der Waals surface area contributed by atoms with Crippen molar-refractivity contribution in [2.75, 3.05) is 26.3 Å². The monoisotopic (exact) mass is 434 g/mol. The Kier molecular flexibility index (Phi) is 7.48. The minimum atomic E-state index is -0.279. The molecule has 0 atom stereocenters. The molecule has 1 N–H and O–H groups in total. The van der Waals surface area contributed by atoms with Crippen LogP contribution >= 0.6 is 0 Å². The molecule has 1 aliphatic heterocycles. The Labute approximate surface area is 187 Å². The van der Waals surface area contributed by atoms with Crippen LogP contribution < -0.4 is 10.1 Å². The van der Waals surface area contributed by atoms with Crippen LogP contribution in [0.25, 0.3) is 0 Å². The maximum Gasteiger partial charge on any atom is 0.251 e. The van der Waals surface area contributed by atoms with Crippen LogP contribution in [-0.4, -0.2) is 37.1 Å². The fraction of sp³-hybridized carbons (Fsp3) is 0.269. The second-order valence-electron chi connectivity index (χ2n) is 7.78. The second kappa shape index (κ2) is 10.9. The normalized spacial score (nSPS) is 14.2. The SMILES string of the molecule is O=C(NCc1ccccc1CN1CCOCC1)c1cccc(OCc2ccc(F)cc2)c1. The highest BCUT2D eigenvalue weighted by Gasteiger charge is 2.13. The first-order valence-corrected chi connectivity index (χ1v) is 10.8. The summed E-state index contributed by atoms with van der Waals surface area (Å²) in [5.41, 5.74) is 3.72. The zero-order valence-electron chi connectivity index (χ0n) is 17.9. The van der Waals surface area contributed by atoms with Crippen LogP contribution in [0.1, 0.15) is 27.0 Å². The van der Waals surface area contributed by atoms with Gasteiger partial charge in [-0.25, -0.2) is 4.39 Å². The van der Waals surface area contributed by atoms with Gasteiger partial charge >= 0.3 is 0 Å². The number of hydrogen-bond donors (Lipinski definition) is 1. The summed E-state index contributed by atoms with van der Waals surface area (Å²) in [6, 6.07) is 21.4. The molecule has 3 aromatic carbocycles. The average Bonchev–Trinajstić information content (AvgIpc) is 2.84. The summed E-state index contributed by atoms with van der Waals surface area (Å²) in [6.07, 6.45) is 0. The number of carbonyl (C=O) groups excluding carboxylic acids is 1. The van der Waals surface area contributed by atoms with Crippen LogP contribution in [0, 0.1) is 5.82 Å². The Balaban J connectivity index is 1.34. The van der Waals surface area contributed by atoms with E-state index in [-0.39, 0.29) is 11.7 Å². The maximum absolute atomic E-state index is 13.0. The van der Waals surface area contributed by atoms with Gasteiger partial charge in [-0.3, -0.25) is 9.69 Å². The third kappa shape index (κ3) is 6.15. The number of morpholine rings is 1. The number of carbonyl (C=O) groups is 1. The van der Waals surface area contributed by atoms with Crippen molar-refractivity contribution in [3.8, 4) is 5.75 Å². The van der Waals surface area contributed by atoms with Crippen molar-refractivity contribution in [1.82, 2.24) is 10.2 Å². The van der Waals surface area contributed by atoms with E-state index in [0.29, 0.717) is 24.5 Å². The van der Waals surface area contributed by atoms with Crippen LogP contribution in [-0.2, 0) is 24.4 Å². The first-order chi connectivity index (χ1) is 15.7. The van der Waals surface area contributed by atoms with Gasteiger partial charge in [0, 0.05) is 31.7 Å². The Bertz CT molecular complexity index is 1030. The molecule has 4 rings (SSSR count). The number of hydrogen-bond acceptors (Lipinski definition) is 4. The number of amides is 1. The summed E-state index contributed by atoms with van der Waals surface area (Å²) < 4.78 is 24.2. The van der Waals surface area contributed by atoms with Crippen LogP contribution in [0.15, 0.2) is 72.8 Å². The highest BCUT2D eigenvalue weighted by atomic mass is 19.1. The van der Waals surface area contributed by atoms with E-state index < -0.39 is 0 Å². The molecule has 0 bridgehead atoms. The van der Waals surface area contributed by atoms with Gasteiger partial charge in [0.25, 0.3) is 5.91 Å². The molecule has 6 heteroatoms. The maximum atomic E-state index is 13.0. The fourth-order valence-corrected chi connectivity index (χ4v) is 3.64. The Morgan fingerprint density at radius 3 is 2.50 bits per heavy atom. The molecule has 1 aliphatic rings. The van der Waals surface area contributed by atoms with Crippen molar-refractivity contribution in [2.24, 2.45) is 0 Å². The zero-order valence-corrected chi connectivity index (χ0v) is 17.9. The molecule has 5 nitrogen and oxygen atoms in total. The lowest BCUT2D eigenvalue weighted by atomic mass is 10.1. The minimum absolute atomic E-state index is 0.154. The van der Waals surface area contributed by atoms with Crippen LogP contribution in [0.3, 0.4) is 0 Å². The Hall–Kier alpha value is -3.22. The van der Waals surface area contributed by atoms with Gasteiger partial charge in [0.1, 0.15) is 18.2 Å². The zero-order chi connectivity index (χ0) is 22.2. The van der Waals surface area contributed by atoms with E-state index in [2.05, 4.69) is 22.3 Å². The summed E-state index contributed by atoms with van der Waals surface area (Å²) in [6.45, 7) is 4.98. The van der Waals surface area contributed by atoms with E-state index in [9.17, 15) is 9.18 Å². The lowest BCUT2D eigenvalue weighted by Gasteiger charge is -2.27. The van der Waals surface area contributed by atoms with Crippen LogP contribution in [0.4, 0.5) is 4.39 Å². The predicted octanol–water partition coefficient (Wildman–Crippen LogP) is 4.17. The van der Waals surface area contributed by atoms with E-state index in [1.807, 2.05) is 12.1 Å². The molecule has 0 spiro atoms. The highest BCUT2D eigenvalue weighted by Crippen LogP contribution is 2.17. The fourth-order valence-electron chi connectivity index (χ4n) is 3.64. The van der Waals surface area contributed by atoms with E-state index in [1.54, 1.807) is 36.4 Å². The van der Waals surface area contributed by atoms with E-state index in [4.69, 9.17) is 9.47 Å². The van der Waals surface area contributed by atoms with E-state index >= 15 is 0 Å². The van der Waals surface area contributed by atoms with Gasteiger partial charge in [0.2, 0.25) is 0 Å². The number of ether oxygens (including phenoxy) is 2. The van der Waals surface area contributed by atoms with Crippen molar-refractivity contribution in [3.63, 3.8) is 0 Å². The molecule has 32 heavy (non-hydrogen) atoms. The lowest BCUT2D eigenvalue weighted by molar-refractivity contribution is 0.0340. The highest BCUT2D eigenvalue weighted by molar-refractivity contribution is 5.94. The number of halogens is 1. The number of rotatable bonds is 8. The molecule has 0 aromatic heterocycles. The number of benzene rings is 3. The van der Waals surface area contributed by atoms with E-state index in [1.165, 1.54) is 17.7 Å². The van der Waals surface area contributed by atoms with E-state index in [0.717, 1.165) is 44.0 Å². The molecule has 1 saturated heterocycles. The molecule has 0 unspecified atom stereocenters. The smallest absolute Gasteiger partial charge is 0.251 e. The van der Waals surface area contributed by atoms with Crippen molar-refractivity contribution in [1.29, 1.82) is 0 Å². The van der Waals surface area contributed by atoms with Gasteiger partial charge in [-0.1, -0.05) is 42.5 Å². The van der Waals surface area contributed by atoms with Crippen LogP contribution in [0.5, 0.6) is 5.75 Å². The standard InChI is InChI=1S/C26H27FN2O3/c27-24-10-8-20(9-11-24)19-32-25-7-3-6-21(16-25)26(30)28-17-22-4-1-2-5-23(22)18-29-12-14-31-15-13-29/h1-11,16H,12-15,17-19H2,(H,28,30). The van der Waals surface area contributed by atoms with Gasteiger partial charge in [-0.2, -0.15) is 0 Å². The van der Waals surface area contributed by atoms with Gasteiger partial charge in [0.15, 0.2) is 0 Å². The Morgan fingerprint density at radius 2 is 1.72 bits per heavy atom. The molecule has 0 saturated carbocycles. The van der Waals surface area contributed by atoms with Crippen LogP contribution in [0.2, 0.25) is 0 Å². The summed E-state index contributed by atoms with van der Waals surface area (Å²) in [7, 11) is 0. The van der Waals surface area contributed by atoms with Gasteiger partial charge in [-0.15, -0.1) is 0 Å². The number of nitrogens with one attached hydrogen (secondary N) is 1. The van der Waals surface area contributed by atoms with Crippen molar-refractivity contribution in [2.45, 2.75) is 19.7 Å². The molecular formula is C26H27FN2O3. The topological polar surface area (TPSA) is 50.8 Å². The third-order valence-electron chi connectivity index (χ3n) is 5.47. The molecule has 0 radical (unpaired) electrons. The minimum Gasteiger partial charge on any atom is -0.489 e. The second-order valence-corrected chi connectivity index (χ2v) is 7.78. The molecule has 3 aromatic rings. The van der Waals surface area contributed by atoms with Gasteiger partial charge < -0.3 is 14.8 Å². The largest absolute Gasteiger partial charge is 0.489 e. The number of nitrogens with zero attached hydrogens (tertiary/aromatic N) is 1. The summed E-state index contributed by atoms with van der Waals surface area (Å²) in [5.74, 6) is 0.159. The first-order valence-electron chi connectivity index (χ1n) is 10.8. The molecule has 1 fully saturated rings. The predicted molar refractivity (Wildman–Crippen MR) is 121 cm³/mol. The lowest BCUT2D eigenvalue weighted by Crippen LogP contribution is -2.36.